The van der Waals surface area contributed by atoms with Gasteiger partial charge in [-0.1, -0.05) is 97.1 Å². The molecule has 2 nitrogen and oxygen atoms in total. The molecular formula is C40H25NO. The number of para-hydroxylation sites is 2. The average Bonchev–Trinajstić information content (AvgIpc) is 3.58. The fraction of sp³-hybridized carbons (Fsp3) is 0. The number of nitrogens with zero attached hydrogens (tertiary/aromatic N) is 1. The average molecular weight is 536 g/mol. The van der Waals surface area contributed by atoms with Crippen LogP contribution in [0.3, 0.4) is 0 Å². The van der Waals surface area contributed by atoms with E-state index in [2.05, 4.69) is 144 Å². The minimum absolute atomic E-state index is 0.925. The molecule has 0 amide bonds. The van der Waals surface area contributed by atoms with E-state index in [9.17, 15) is 0 Å². The first kappa shape index (κ1) is 23.1. The maximum atomic E-state index is 6.24. The first-order chi connectivity index (χ1) is 20.8. The van der Waals surface area contributed by atoms with Crippen molar-refractivity contribution in [1.82, 2.24) is 4.57 Å². The highest BCUT2D eigenvalue weighted by molar-refractivity contribution is 6.17. The van der Waals surface area contributed by atoms with Crippen LogP contribution in [0.4, 0.5) is 0 Å². The lowest BCUT2D eigenvalue weighted by molar-refractivity contribution is 0.669. The zero-order valence-electron chi connectivity index (χ0n) is 22.8. The molecule has 0 radical (unpaired) electrons. The predicted molar refractivity (Wildman–Crippen MR) is 176 cm³/mol. The fourth-order valence-corrected chi connectivity index (χ4v) is 6.55. The minimum atomic E-state index is 0.925. The Kier molecular flexibility index (Phi) is 4.93. The summed E-state index contributed by atoms with van der Waals surface area (Å²) in [6, 6.07) is 54.5. The summed E-state index contributed by atoms with van der Waals surface area (Å²) < 4.78 is 8.67. The summed E-state index contributed by atoms with van der Waals surface area (Å²) in [6.45, 7) is 0. The molecule has 0 saturated heterocycles. The van der Waals surface area contributed by atoms with Crippen LogP contribution in [-0.2, 0) is 0 Å². The van der Waals surface area contributed by atoms with Gasteiger partial charge in [-0.2, -0.15) is 0 Å². The van der Waals surface area contributed by atoms with Crippen LogP contribution in [0.25, 0.3) is 82.5 Å². The summed E-state index contributed by atoms with van der Waals surface area (Å²) in [7, 11) is 0. The van der Waals surface area contributed by atoms with Crippen LogP contribution in [-0.4, -0.2) is 4.57 Å². The van der Waals surface area contributed by atoms with Crippen molar-refractivity contribution in [2.75, 3.05) is 0 Å². The molecular weight excluding hydrogens is 510 g/mol. The Labute approximate surface area is 242 Å². The second-order valence-electron chi connectivity index (χ2n) is 11.0. The standard InChI is InChI=1S/C40H25NO/c1-3-11-26(12-4-1)28-19-29(27-13-5-2-6-14-27)21-32(20-28)41-37-17-9-7-15-33(37)35-22-31-25-40-36(23-30(31)24-38(35)41)34-16-8-10-18-39(34)42-40/h1-25H. The lowest BCUT2D eigenvalue weighted by Gasteiger charge is -2.14. The molecule has 2 heteroatoms. The van der Waals surface area contributed by atoms with Crippen molar-refractivity contribution in [1.29, 1.82) is 0 Å². The number of benzene rings is 7. The van der Waals surface area contributed by atoms with Gasteiger partial charge in [-0.05, 0) is 87.6 Å². The summed E-state index contributed by atoms with van der Waals surface area (Å²) in [5.41, 5.74) is 10.2. The third kappa shape index (κ3) is 3.52. The number of hydrogen-bond donors (Lipinski definition) is 0. The molecule has 0 fully saturated rings. The SMILES string of the molecule is c1ccc(-c2cc(-c3ccccc3)cc(-n3c4ccccc4c4cc5cc6oc7ccccc7c6cc5cc43)c2)cc1. The molecule has 0 N–H and O–H groups in total. The van der Waals surface area contributed by atoms with Crippen molar-refractivity contribution in [3.63, 3.8) is 0 Å². The van der Waals surface area contributed by atoms with Crippen molar-refractivity contribution in [3.8, 4) is 27.9 Å². The van der Waals surface area contributed by atoms with E-state index in [1.807, 2.05) is 12.1 Å². The fourth-order valence-electron chi connectivity index (χ4n) is 6.55. The highest BCUT2D eigenvalue weighted by Crippen LogP contribution is 2.39. The van der Waals surface area contributed by atoms with Gasteiger partial charge in [-0.25, -0.2) is 0 Å². The Morgan fingerprint density at radius 2 is 0.952 bits per heavy atom. The van der Waals surface area contributed by atoms with E-state index >= 15 is 0 Å². The van der Waals surface area contributed by atoms with Crippen LogP contribution in [0, 0.1) is 0 Å². The highest BCUT2D eigenvalue weighted by atomic mass is 16.3. The van der Waals surface area contributed by atoms with E-state index in [0.717, 1.165) is 27.6 Å². The molecule has 0 aliphatic rings. The Morgan fingerprint density at radius 3 is 1.69 bits per heavy atom. The number of fused-ring (bicyclic) bond motifs is 7. The van der Waals surface area contributed by atoms with E-state index in [1.165, 1.54) is 54.8 Å². The summed E-state index contributed by atoms with van der Waals surface area (Å²) in [4.78, 5) is 0. The molecule has 0 bridgehead atoms. The van der Waals surface area contributed by atoms with Crippen LogP contribution < -0.4 is 0 Å². The van der Waals surface area contributed by atoms with Crippen LogP contribution in [0.15, 0.2) is 156 Å². The van der Waals surface area contributed by atoms with Gasteiger partial charge in [0.25, 0.3) is 0 Å². The molecule has 0 aliphatic carbocycles. The molecule has 0 unspecified atom stereocenters. The maximum absolute atomic E-state index is 6.24. The minimum Gasteiger partial charge on any atom is -0.456 e. The Morgan fingerprint density at radius 1 is 0.357 bits per heavy atom. The topological polar surface area (TPSA) is 18.1 Å². The molecule has 0 atom stereocenters. The lowest BCUT2D eigenvalue weighted by atomic mass is 9.98. The highest BCUT2D eigenvalue weighted by Gasteiger charge is 2.16. The molecule has 0 aliphatic heterocycles. The predicted octanol–water partition coefficient (Wildman–Crippen LogP) is 11.2. The second-order valence-corrected chi connectivity index (χ2v) is 11.0. The molecule has 0 spiro atoms. The molecule has 2 heterocycles. The molecule has 2 aromatic heterocycles. The smallest absolute Gasteiger partial charge is 0.136 e. The monoisotopic (exact) mass is 535 g/mol. The van der Waals surface area contributed by atoms with Crippen molar-refractivity contribution in [2.45, 2.75) is 0 Å². The quantitative estimate of drug-likeness (QED) is 0.220. The largest absolute Gasteiger partial charge is 0.456 e. The first-order valence-electron chi connectivity index (χ1n) is 14.3. The maximum Gasteiger partial charge on any atom is 0.136 e. The summed E-state index contributed by atoms with van der Waals surface area (Å²) in [5, 5.41) is 7.16. The van der Waals surface area contributed by atoms with E-state index in [1.54, 1.807) is 0 Å². The first-order valence-corrected chi connectivity index (χ1v) is 14.3. The van der Waals surface area contributed by atoms with Gasteiger partial charge >= 0.3 is 0 Å². The number of rotatable bonds is 3. The van der Waals surface area contributed by atoms with Crippen molar-refractivity contribution >= 4 is 54.5 Å². The molecule has 42 heavy (non-hydrogen) atoms. The number of furan rings is 1. The van der Waals surface area contributed by atoms with Gasteiger partial charge in [0.2, 0.25) is 0 Å². The van der Waals surface area contributed by atoms with Crippen LogP contribution in [0.1, 0.15) is 0 Å². The van der Waals surface area contributed by atoms with Crippen LogP contribution in [0.2, 0.25) is 0 Å². The Balaban J connectivity index is 1.37. The van der Waals surface area contributed by atoms with Gasteiger partial charge in [0, 0.05) is 27.2 Å². The van der Waals surface area contributed by atoms with Gasteiger partial charge < -0.3 is 8.98 Å². The van der Waals surface area contributed by atoms with Gasteiger partial charge in [-0.3, -0.25) is 0 Å². The number of aromatic nitrogens is 1. The zero-order valence-corrected chi connectivity index (χ0v) is 22.8. The normalized spacial score (nSPS) is 11.8. The lowest BCUT2D eigenvalue weighted by Crippen LogP contribution is -1.96. The third-order valence-electron chi connectivity index (χ3n) is 8.52. The summed E-state index contributed by atoms with van der Waals surface area (Å²) >= 11 is 0. The Bertz CT molecular complexity index is 2390. The zero-order chi connectivity index (χ0) is 27.6. The van der Waals surface area contributed by atoms with Gasteiger partial charge in [0.15, 0.2) is 0 Å². The van der Waals surface area contributed by atoms with Crippen LogP contribution >= 0.6 is 0 Å². The number of hydrogen-bond acceptors (Lipinski definition) is 1. The van der Waals surface area contributed by atoms with Gasteiger partial charge in [0.05, 0.1) is 11.0 Å². The van der Waals surface area contributed by atoms with Gasteiger partial charge in [-0.15, -0.1) is 0 Å². The molecule has 7 aromatic carbocycles. The van der Waals surface area contributed by atoms with Gasteiger partial charge in [0.1, 0.15) is 11.2 Å². The van der Waals surface area contributed by atoms with Crippen molar-refractivity contribution in [2.24, 2.45) is 0 Å². The summed E-state index contributed by atoms with van der Waals surface area (Å²) in [5.74, 6) is 0. The van der Waals surface area contributed by atoms with Crippen molar-refractivity contribution in [3.05, 3.63) is 152 Å². The molecule has 9 aromatic rings. The van der Waals surface area contributed by atoms with E-state index < -0.39 is 0 Å². The Hall–Kier alpha value is -5.60. The third-order valence-corrected chi connectivity index (χ3v) is 8.52. The molecule has 0 saturated carbocycles. The van der Waals surface area contributed by atoms with E-state index in [4.69, 9.17) is 4.42 Å². The van der Waals surface area contributed by atoms with Crippen molar-refractivity contribution < 1.29 is 4.42 Å². The van der Waals surface area contributed by atoms with E-state index in [-0.39, 0.29) is 0 Å². The summed E-state index contributed by atoms with van der Waals surface area (Å²) in [6.07, 6.45) is 0. The van der Waals surface area contributed by atoms with E-state index in [0.29, 0.717) is 0 Å². The molecule has 9 rings (SSSR count). The molecule has 196 valence electrons. The van der Waals surface area contributed by atoms with Crippen LogP contribution in [0.5, 0.6) is 0 Å². The second kappa shape index (κ2) is 8.95.